The summed E-state index contributed by atoms with van der Waals surface area (Å²) in [5, 5.41) is 8.79. The van der Waals surface area contributed by atoms with Gasteiger partial charge in [-0.2, -0.15) is 0 Å². The Labute approximate surface area is 166 Å². The van der Waals surface area contributed by atoms with Crippen molar-refractivity contribution < 1.29 is 13.9 Å². The van der Waals surface area contributed by atoms with E-state index in [0.29, 0.717) is 41.6 Å². The first kappa shape index (κ1) is 18.4. The van der Waals surface area contributed by atoms with Gasteiger partial charge in [-0.05, 0) is 31.2 Å². The number of methoxy groups -OCH3 is 1. The lowest BCUT2D eigenvalue weighted by Gasteiger charge is -2.34. The molecular formula is C20H18ClFN4O2. The highest BCUT2D eigenvalue weighted by Gasteiger charge is 2.33. The second-order valence-electron chi connectivity index (χ2n) is 6.54. The zero-order valence-corrected chi connectivity index (χ0v) is 16.2. The SMILES string of the molecule is COc1cccc(C(=O)N2CCn3c(-c4cccc(F)c4)nnc3[C@@H]2C)c1Cl. The fraction of sp³-hybridized carbons (Fsp3) is 0.250. The number of rotatable bonds is 3. The Kier molecular flexibility index (Phi) is 4.77. The maximum Gasteiger partial charge on any atom is 0.256 e. The molecule has 0 aliphatic carbocycles. The van der Waals surface area contributed by atoms with Gasteiger partial charge in [0.05, 0.1) is 23.7 Å². The number of amides is 1. The van der Waals surface area contributed by atoms with E-state index in [2.05, 4.69) is 10.2 Å². The molecule has 1 aliphatic heterocycles. The minimum atomic E-state index is -0.330. The summed E-state index contributed by atoms with van der Waals surface area (Å²) < 4.78 is 20.7. The van der Waals surface area contributed by atoms with Crippen LogP contribution < -0.4 is 4.74 Å². The minimum absolute atomic E-state index is 0.196. The topological polar surface area (TPSA) is 60.2 Å². The van der Waals surface area contributed by atoms with Crippen molar-refractivity contribution in [2.75, 3.05) is 13.7 Å². The first-order valence-electron chi connectivity index (χ1n) is 8.83. The van der Waals surface area contributed by atoms with Crippen LogP contribution in [0.2, 0.25) is 5.02 Å². The molecule has 4 rings (SSSR count). The van der Waals surface area contributed by atoms with Gasteiger partial charge in [0.1, 0.15) is 11.6 Å². The highest BCUT2D eigenvalue weighted by atomic mass is 35.5. The number of halogens is 2. The molecule has 3 aromatic rings. The van der Waals surface area contributed by atoms with Gasteiger partial charge >= 0.3 is 0 Å². The average molecular weight is 401 g/mol. The molecule has 1 atom stereocenters. The Morgan fingerprint density at radius 2 is 2.00 bits per heavy atom. The third-order valence-corrected chi connectivity index (χ3v) is 5.33. The first-order chi connectivity index (χ1) is 13.5. The third-order valence-electron chi connectivity index (χ3n) is 4.94. The molecule has 0 bridgehead atoms. The standard InChI is InChI=1S/C20H18ClFN4O2/c1-12-18-23-24-19(13-5-3-6-14(22)11-13)26(18)10-9-25(12)20(27)15-7-4-8-16(28-2)17(15)21/h3-8,11-12H,9-10H2,1-2H3/t12-/m0/s1. The summed E-state index contributed by atoms with van der Waals surface area (Å²) in [6, 6.07) is 11.1. The number of fused-ring (bicyclic) bond motifs is 1. The molecule has 0 saturated heterocycles. The quantitative estimate of drug-likeness (QED) is 0.667. The molecule has 8 heteroatoms. The number of hydrogen-bond donors (Lipinski definition) is 0. The van der Waals surface area contributed by atoms with Gasteiger partial charge in [-0.3, -0.25) is 4.79 Å². The number of benzene rings is 2. The molecule has 0 saturated carbocycles. The number of nitrogens with zero attached hydrogens (tertiary/aromatic N) is 4. The monoisotopic (exact) mass is 400 g/mol. The van der Waals surface area contributed by atoms with Crippen molar-refractivity contribution in [1.29, 1.82) is 0 Å². The predicted molar refractivity (Wildman–Crippen MR) is 103 cm³/mol. The minimum Gasteiger partial charge on any atom is -0.495 e. The van der Waals surface area contributed by atoms with Crippen LogP contribution in [0, 0.1) is 5.82 Å². The molecule has 0 fully saturated rings. The molecule has 2 heterocycles. The Morgan fingerprint density at radius 3 is 2.75 bits per heavy atom. The van der Waals surface area contributed by atoms with E-state index in [4.69, 9.17) is 16.3 Å². The van der Waals surface area contributed by atoms with Gasteiger partial charge in [0.15, 0.2) is 11.6 Å². The van der Waals surface area contributed by atoms with Crippen molar-refractivity contribution in [3.8, 4) is 17.1 Å². The van der Waals surface area contributed by atoms with E-state index in [-0.39, 0.29) is 22.8 Å². The molecule has 28 heavy (non-hydrogen) atoms. The van der Waals surface area contributed by atoms with Crippen LogP contribution in [0.25, 0.3) is 11.4 Å². The van der Waals surface area contributed by atoms with Crippen LogP contribution in [0.3, 0.4) is 0 Å². The zero-order valence-electron chi connectivity index (χ0n) is 15.4. The molecule has 0 spiro atoms. The number of carbonyl (C=O) groups excluding carboxylic acids is 1. The van der Waals surface area contributed by atoms with Crippen molar-refractivity contribution in [1.82, 2.24) is 19.7 Å². The van der Waals surface area contributed by atoms with Gasteiger partial charge in [0.25, 0.3) is 5.91 Å². The van der Waals surface area contributed by atoms with E-state index in [1.54, 1.807) is 35.2 Å². The molecule has 1 amide bonds. The van der Waals surface area contributed by atoms with E-state index in [9.17, 15) is 9.18 Å². The van der Waals surface area contributed by atoms with Gasteiger partial charge < -0.3 is 14.2 Å². The van der Waals surface area contributed by atoms with Gasteiger partial charge in [0.2, 0.25) is 0 Å². The van der Waals surface area contributed by atoms with Gasteiger partial charge in [-0.15, -0.1) is 10.2 Å². The lowest BCUT2D eigenvalue weighted by atomic mass is 10.1. The van der Waals surface area contributed by atoms with Crippen LogP contribution in [0.1, 0.15) is 29.1 Å². The Hall–Kier alpha value is -2.93. The second-order valence-corrected chi connectivity index (χ2v) is 6.92. The van der Waals surface area contributed by atoms with Crippen LogP contribution in [-0.2, 0) is 6.54 Å². The lowest BCUT2D eigenvalue weighted by molar-refractivity contribution is 0.0638. The number of carbonyl (C=O) groups is 1. The first-order valence-corrected chi connectivity index (χ1v) is 9.21. The molecule has 0 radical (unpaired) electrons. The van der Waals surface area contributed by atoms with E-state index in [1.165, 1.54) is 19.2 Å². The number of hydrogen-bond acceptors (Lipinski definition) is 4. The Balaban J connectivity index is 1.66. The molecule has 1 aliphatic rings. The van der Waals surface area contributed by atoms with Crippen LogP contribution in [0.5, 0.6) is 5.75 Å². The van der Waals surface area contributed by atoms with E-state index >= 15 is 0 Å². The molecule has 2 aromatic carbocycles. The second kappa shape index (κ2) is 7.24. The molecule has 0 N–H and O–H groups in total. The summed E-state index contributed by atoms with van der Waals surface area (Å²) in [5.74, 6) is 1.17. The molecule has 1 aromatic heterocycles. The largest absolute Gasteiger partial charge is 0.495 e. The summed E-state index contributed by atoms with van der Waals surface area (Å²) in [7, 11) is 1.51. The average Bonchev–Trinajstić information content (AvgIpc) is 3.13. The van der Waals surface area contributed by atoms with Crippen LogP contribution >= 0.6 is 11.6 Å². The van der Waals surface area contributed by atoms with Crippen LogP contribution in [0.4, 0.5) is 4.39 Å². The highest BCUT2D eigenvalue weighted by Crippen LogP contribution is 2.33. The highest BCUT2D eigenvalue weighted by molar-refractivity contribution is 6.35. The zero-order chi connectivity index (χ0) is 19.8. The maximum atomic E-state index is 13.6. The molecule has 0 unspecified atom stereocenters. The number of ether oxygens (including phenoxy) is 1. The van der Waals surface area contributed by atoms with Gasteiger partial charge in [0, 0.05) is 18.7 Å². The van der Waals surface area contributed by atoms with Gasteiger partial charge in [-0.25, -0.2) is 4.39 Å². The van der Waals surface area contributed by atoms with Crippen molar-refractivity contribution >= 4 is 17.5 Å². The summed E-state index contributed by atoms with van der Waals surface area (Å²) >= 11 is 6.33. The number of aromatic nitrogens is 3. The Bertz CT molecular complexity index is 1050. The fourth-order valence-electron chi connectivity index (χ4n) is 3.49. The van der Waals surface area contributed by atoms with Crippen molar-refractivity contribution in [3.63, 3.8) is 0 Å². The predicted octanol–water partition coefficient (Wildman–Crippen LogP) is 3.96. The van der Waals surface area contributed by atoms with Crippen LogP contribution in [0.15, 0.2) is 42.5 Å². The molecule has 144 valence electrons. The third kappa shape index (κ3) is 3.01. The summed E-state index contributed by atoms with van der Waals surface area (Å²) in [4.78, 5) is 14.8. The van der Waals surface area contributed by atoms with Gasteiger partial charge in [-0.1, -0.05) is 29.8 Å². The summed E-state index contributed by atoms with van der Waals surface area (Å²) in [6.45, 7) is 2.85. The van der Waals surface area contributed by atoms with E-state index in [0.717, 1.165) is 0 Å². The summed E-state index contributed by atoms with van der Waals surface area (Å²) in [5.41, 5.74) is 1.03. The molecule has 6 nitrogen and oxygen atoms in total. The van der Waals surface area contributed by atoms with E-state index in [1.807, 2.05) is 11.5 Å². The van der Waals surface area contributed by atoms with Crippen LogP contribution in [-0.4, -0.2) is 39.2 Å². The normalized spacial score (nSPS) is 16.0. The van der Waals surface area contributed by atoms with Crippen molar-refractivity contribution in [2.45, 2.75) is 19.5 Å². The maximum absolute atomic E-state index is 13.6. The lowest BCUT2D eigenvalue weighted by Crippen LogP contribution is -2.41. The summed E-state index contributed by atoms with van der Waals surface area (Å²) in [6.07, 6.45) is 0. The fourth-order valence-corrected chi connectivity index (χ4v) is 3.78. The molecular weight excluding hydrogens is 383 g/mol. The van der Waals surface area contributed by atoms with E-state index < -0.39 is 0 Å². The Morgan fingerprint density at radius 1 is 1.21 bits per heavy atom. The van der Waals surface area contributed by atoms with Crippen molar-refractivity contribution in [2.24, 2.45) is 0 Å². The van der Waals surface area contributed by atoms with Crippen molar-refractivity contribution in [3.05, 3.63) is 64.7 Å². The smallest absolute Gasteiger partial charge is 0.256 e.